The minimum Gasteiger partial charge on any atom is -0.340 e. The maximum Gasteiger partial charge on any atom is 0.324 e. The summed E-state index contributed by atoms with van der Waals surface area (Å²) in [6, 6.07) is 16.5. The van der Waals surface area contributed by atoms with Crippen LogP contribution in [-0.2, 0) is 0 Å². The minimum absolute atomic E-state index is 0.283. The number of anilines is 6. The largest absolute Gasteiger partial charge is 0.340 e. The van der Waals surface area contributed by atoms with Crippen LogP contribution in [0, 0.1) is 6.92 Å². The average molecular weight is 417 g/mol. The lowest BCUT2D eigenvalue weighted by Crippen LogP contribution is -2.18. The number of aryl methyl sites for hydroxylation is 1. The number of pyridine rings is 1. The monoisotopic (exact) mass is 417 g/mol. The summed E-state index contributed by atoms with van der Waals surface area (Å²) in [5.74, 6) is 1.99. The summed E-state index contributed by atoms with van der Waals surface area (Å²) in [4.78, 5) is 24.8. The number of nitrogens with zero attached hydrogens (tertiary/aromatic N) is 3. The lowest BCUT2D eigenvalue weighted by atomic mass is 10.3. The van der Waals surface area contributed by atoms with Crippen LogP contribution >= 0.6 is 11.3 Å². The Balaban J connectivity index is 1.36. The first-order valence-electron chi connectivity index (χ1n) is 9.14. The van der Waals surface area contributed by atoms with E-state index in [0.29, 0.717) is 17.3 Å². The average Bonchev–Trinajstić information content (AvgIpc) is 3.23. The molecule has 0 saturated heterocycles. The molecular formula is C21H19N7OS. The molecule has 3 heterocycles. The van der Waals surface area contributed by atoms with E-state index in [4.69, 9.17) is 0 Å². The van der Waals surface area contributed by atoms with Crippen molar-refractivity contribution >= 4 is 51.2 Å². The Kier molecular flexibility index (Phi) is 5.81. The zero-order chi connectivity index (χ0) is 20.8. The van der Waals surface area contributed by atoms with E-state index < -0.39 is 0 Å². The maximum atomic E-state index is 12.0. The highest BCUT2D eigenvalue weighted by atomic mass is 32.1. The normalized spacial score (nSPS) is 10.3. The van der Waals surface area contributed by atoms with Crippen molar-refractivity contribution in [3.63, 3.8) is 0 Å². The first-order valence-corrected chi connectivity index (χ1v) is 10.0. The fourth-order valence-electron chi connectivity index (χ4n) is 2.64. The number of hydrogen-bond acceptors (Lipinski definition) is 7. The second-order valence-electron chi connectivity index (χ2n) is 6.39. The van der Waals surface area contributed by atoms with Crippen molar-refractivity contribution in [2.24, 2.45) is 0 Å². The molecule has 0 bridgehead atoms. The van der Waals surface area contributed by atoms with E-state index in [1.54, 1.807) is 12.3 Å². The van der Waals surface area contributed by atoms with Crippen molar-refractivity contribution < 1.29 is 4.79 Å². The molecule has 4 aromatic rings. The first kappa shape index (κ1) is 19.3. The molecule has 0 unspecified atom stereocenters. The van der Waals surface area contributed by atoms with Crippen LogP contribution in [0.4, 0.5) is 38.6 Å². The van der Waals surface area contributed by atoms with Gasteiger partial charge >= 0.3 is 6.03 Å². The van der Waals surface area contributed by atoms with Gasteiger partial charge in [-0.2, -0.15) is 0 Å². The fraction of sp³-hybridized carbons (Fsp3) is 0.0476. The highest BCUT2D eigenvalue weighted by Crippen LogP contribution is 2.21. The Hall–Kier alpha value is -3.98. The van der Waals surface area contributed by atoms with Crippen LogP contribution in [0.5, 0.6) is 0 Å². The van der Waals surface area contributed by atoms with Crippen molar-refractivity contribution in [3.8, 4) is 0 Å². The molecule has 3 aromatic heterocycles. The van der Waals surface area contributed by atoms with Gasteiger partial charge in [-0.25, -0.2) is 19.7 Å². The molecule has 0 fully saturated rings. The van der Waals surface area contributed by atoms with Crippen LogP contribution in [0.15, 0.2) is 72.5 Å². The summed E-state index contributed by atoms with van der Waals surface area (Å²) < 4.78 is 0. The van der Waals surface area contributed by atoms with Crippen LogP contribution in [0.1, 0.15) is 5.56 Å². The molecule has 4 N–H and O–H groups in total. The predicted molar refractivity (Wildman–Crippen MR) is 121 cm³/mol. The predicted octanol–water partition coefficient (Wildman–Crippen LogP) is 5.37. The molecule has 2 amide bonds. The molecule has 4 rings (SSSR count). The van der Waals surface area contributed by atoms with Crippen molar-refractivity contribution in [3.05, 3.63) is 78.1 Å². The Morgan fingerprint density at radius 3 is 2.30 bits per heavy atom. The van der Waals surface area contributed by atoms with E-state index in [2.05, 4.69) is 36.2 Å². The van der Waals surface area contributed by atoms with Gasteiger partial charge in [-0.3, -0.25) is 5.32 Å². The molecule has 150 valence electrons. The smallest absolute Gasteiger partial charge is 0.324 e. The SMILES string of the molecule is Cc1ccnc(Nc2cc(Nc3ccc(NC(=O)Nc4cccs4)cc3)ncn2)c1. The van der Waals surface area contributed by atoms with Crippen LogP contribution in [0.25, 0.3) is 0 Å². The highest BCUT2D eigenvalue weighted by Gasteiger charge is 2.05. The van der Waals surface area contributed by atoms with Gasteiger partial charge in [0.2, 0.25) is 0 Å². The van der Waals surface area contributed by atoms with Gasteiger partial charge in [0, 0.05) is 23.6 Å². The molecule has 8 nitrogen and oxygen atoms in total. The zero-order valence-corrected chi connectivity index (χ0v) is 16.9. The van der Waals surface area contributed by atoms with Crippen molar-refractivity contribution in [1.29, 1.82) is 0 Å². The number of carbonyl (C=O) groups is 1. The van der Waals surface area contributed by atoms with Crippen molar-refractivity contribution in [2.75, 3.05) is 21.3 Å². The zero-order valence-electron chi connectivity index (χ0n) is 16.1. The van der Waals surface area contributed by atoms with Crippen LogP contribution in [-0.4, -0.2) is 21.0 Å². The number of rotatable bonds is 6. The Morgan fingerprint density at radius 1 is 0.833 bits per heavy atom. The quantitative estimate of drug-likeness (QED) is 0.336. The Bertz CT molecular complexity index is 1130. The molecule has 0 aliphatic heterocycles. The number of nitrogens with one attached hydrogen (secondary N) is 4. The number of urea groups is 1. The molecule has 1 aromatic carbocycles. The molecule has 0 spiro atoms. The molecule has 9 heteroatoms. The molecule has 0 aliphatic rings. The van der Waals surface area contributed by atoms with Gasteiger partial charge in [0.05, 0.1) is 5.00 Å². The van der Waals surface area contributed by atoms with E-state index >= 15 is 0 Å². The summed E-state index contributed by atoms with van der Waals surface area (Å²) in [6.07, 6.45) is 3.22. The van der Waals surface area contributed by atoms with Crippen molar-refractivity contribution in [2.45, 2.75) is 6.92 Å². The van der Waals surface area contributed by atoms with Gasteiger partial charge in [-0.1, -0.05) is 0 Å². The lowest BCUT2D eigenvalue weighted by molar-refractivity contribution is 0.262. The number of aromatic nitrogens is 3. The van der Waals surface area contributed by atoms with Gasteiger partial charge in [0.25, 0.3) is 0 Å². The van der Waals surface area contributed by atoms with Gasteiger partial charge in [-0.05, 0) is 66.4 Å². The maximum absolute atomic E-state index is 12.0. The number of thiophene rings is 1. The summed E-state index contributed by atoms with van der Waals surface area (Å²) in [7, 11) is 0. The van der Waals surface area contributed by atoms with Gasteiger partial charge in [0.15, 0.2) is 0 Å². The van der Waals surface area contributed by atoms with E-state index in [1.165, 1.54) is 17.7 Å². The second kappa shape index (κ2) is 9.01. The number of carbonyl (C=O) groups excluding carboxylic acids is 1. The third-order valence-electron chi connectivity index (χ3n) is 4.01. The van der Waals surface area contributed by atoms with Crippen molar-refractivity contribution in [1.82, 2.24) is 15.0 Å². The third-order valence-corrected chi connectivity index (χ3v) is 4.80. The van der Waals surface area contributed by atoms with Crippen LogP contribution in [0.3, 0.4) is 0 Å². The van der Waals surface area contributed by atoms with Gasteiger partial charge in [-0.15, -0.1) is 11.3 Å². The lowest BCUT2D eigenvalue weighted by Gasteiger charge is -2.10. The fourth-order valence-corrected chi connectivity index (χ4v) is 3.25. The topological polar surface area (TPSA) is 104 Å². The summed E-state index contributed by atoms with van der Waals surface area (Å²) >= 11 is 1.46. The summed E-state index contributed by atoms with van der Waals surface area (Å²) in [5, 5.41) is 14.7. The molecular weight excluding hydrogens is 398 g/mol. The summed E-state index contributed by atoms with van der Waals surface area (Å²) in [5.41, 5.74) is 2.63. The van der Waals surface area contributed by atoms with E-state index in [-0.39, 0.29) is 6.03 Å². The molecule has 30 heavy (non-hydrogen) atoms. The number of benzene rings is 1. The highest BCUT2D eigenvalue weighted by molar-refractivity contribution is 7.14. The van der Waals surface area contributed by atoms with Crippen LogP contribution in [0.2, 0.25) is 0 Å². The van der Waals surface area contributed by atoms with E-state index in [9.17, 15) is 4.79 Å². The van der Waals surface area contributed by atoms with E-state index in [1.807, 2.05) is 60.8 Å². The minimum atomic E-state index is -0.283. The first-order chi connectivity index (χ1) is 14.6. The molecule has 0 aliphatic carbocycles. The van der Waals surface area contributed by atoms with Gasteiger partial charge < -0.3 is 16.0 Å². The van der Waals surface area contributed by atoms with E-state index in [0.717, 1.165) is 22.1 Å². The van der Waals surface area contributed by atoms with Gasteiger partial charge in [0.1, 0.15) is 23.8 Å². The summed E-state index contributed by atoms with van der Waals surface area (Å²) in [6.45, 7) is 2.00. The number of amides is 2. The molecule has 0 saturated carbocycles. The Labute approximate surface area is 177 Å². The third kappa shape index (κ3) is 5.30. The molecule has 0 radical (unpaired) electrons. The van der Waals surface area contributed by atoms with Crippen LogP contribution < -0.4 is 21.3 Å². The molecule has 0 atom stereocenters. The Morgan fingerprint density at radius 2 is 1.57 bits per heavy atom. The number of hydrogen-bond donors (Lipinski definition) is 4. The second-order valence-corrected chi connectivity index (χ2v) is 7.34. The standard InChI is InChI=1S/C21H19N7OS/c1-14-8-9-22-17(11-14)27-19-12-18(23-13-24-19)25-15-4-6-16(7-5-15)26-21(29)28-20-3-2-10-30-20/h2-13H,1H3,(H2,26,28,29)(H2,22,23,24,25,27).